The van der Waals surface area contributed by atoms with Crippen molar-refractivity contribution in [2.75, 3.05) is 12.0 Å². The molecule has 1 unspecified atom stereocenters. The van der Waals surface area contributed by atoms with Crippen LogP contribution in [0.2, 0.25) is 0 Å². The number of hydrogen-bond donors (Lipinski definition) is 2. The molecular weight excluding hydrogens is 250 g/mol. The molecule has 1 aromatic carbocycles. The summed E-state index contributed by atoms with van der Waals surface area (Å²) in [4.78, 5) is 22.8. The van der Waals surface area contributed by atoms with Gasteiger partial charge in [0.05, 0.1) is 0 Å². The van der Waals surface area contributed by atoms with Crippen molar-refractivity contribution in [2.45, 2.75) is 18.9 Å². The fourth-order valence-corrected chi connectivity index (χ4v) is 1.98. The third-order valence-corrected chi connectivity index (χ3v) is 3.13. The van der Waals surface area contributed by atoms with Crippen molar-refractivity contribution in [1.82, 2.24) is 5.32 Å². The largest absolute Gasteiger partial charge is 0.479 e. The van der Waals surface area contributed by atoms with Gasteiger partial charge in [0.15, 0.2) is 6.04 Å². The molecule has 0 aromatic heterocycles. The average Bonchev–Trinajstić information content (AvgIpc) is 2.37. The Balaban J connectivity index is 2.59. The predicted molar refractivity (Wildman–Crippen MR) is 72.6 cm³/mol. The summed E-state index contributed by atoms with van der Waals surface area (Å²) < 4.78 is 0. The predicted octanol–water partition coefficient (Wildman–Crippen LogP) is 2.07. The Labute approximate surface area is 111 Å². The number of aliphatic carboxylic acids is 1. The lowest BCUT2D eigenvalue weighted by molar-refractivity contribution is -0.142. The molecule has 0 spiro atoms. The van der Waals surface area contributed by atoms with E-state index < -0.39 is 12.0 Å². The molecule has 0 heterocycles. The van der Waals surface area contributed by atoms with Crippen LogP contribution in [0.15, 0.2) is 30.3 Å². The first-order valence-electron chi connectivity index (χ1n) is 5.71. The van der Waals surface area contributed by atoms with Gasteiger partial charge < -0.3 is 10.4 Å². The summed E-state index contributed by atoms with van der Waals surface area (Å²) in [5.74, 6) is -0.365. The SMILES string of the molecule is CSCCCC(=O)NC(C(=O)O)c1ccccc1. The number of thioether (sulfide) groups is 1. The molecule has 0 aliphatic carbocycles. The Morgan fingerprint density at radius 3 is 2.56 bits per heavy atom. The topological polar surface area (TPSA) is 66.4 Å². The lowest BCUT2D eigenvalue weighted by atomic mass is 10.1. The molecule has 1 amide bonds. The fourth-order valence-electron chi connectivity index (χ4n) is 1.54. The van der Waals surface area contributed by atoms with Crippen LogP contribution < -0.4 is 5.32 Å². The van der Waals surface area contributed by atoms with Crippen LogP contribution in [0.25, 0.3) is 0 Å². The molecule has 1 rings (SSSR count). The van der Waals surface area contributed by atoms with E-state index in [1.165, 1.54) is 0 Å². The van der Waals surface area contributed by atoms with E-state index in [0.29, 0.717) is 12.0 Å². The Morgan fingerprint density at radius 1 is 1.33 bits per heavy atom. The van der Waals surface area contributed by atoms with Crippen LogP contribution in [0.4, 0.5) is 0 Å². The number of amides is 1. The molecule has 0 bridgehead atoms. The molecule has 0 saturated heterocycles. The van der Waals surface area contributed by atoms with Gasteiger partial charge in [0.1, 0.15) is 0 Å². The second-order valence-electron chi connectivity index (χ2n) is 3.85. The lowest BCUT2D eigenvalue weighted by Crippen LogP contribution is -2.33. The first-order chi connectivity index (χ1) is 8.65. The van der Waals surface area contributed by atoms with Gasteiger partial charge in [-0.2, -0.15) is 11.8 Å². The van der Waals surface area contributed by atoms with Crippen molar-refractivity contribution in [3.05, 3.63) is 35.9 Å². The molecule has 0 fully saturated rings. The Bertz CT molecular complexity index is 394. The number of nitrogens with one attached hydrogen (secondary N) is 1. The zero-order valence-electron chi connectivity index (χ0n) is 10.3. The minimum atomic E-state index is -1.04. The number of hydrogen-bond acceptors (Lipinski definition) is 3. The third-order valence-electron chi connectivity index (χ3n) is 2.44. The molecule has 98 valence electrons. The average molecular weight is 267 g/mol. The maximum absolute atomic E-state index is 11.6. The van der Waals surface area contributed by atoms with Gasteiger partial charge in [-0.1, -0.05) is 30.3 Å². The van der Waals surface area contributed by atoms with Crippen molar-refractivity contribution in [3.63, 3.8) is 0 Å². The molecule has 2 N–H and O–H groups in total. The van der Waals surface area contributed by atoms with Crippen molar-refractivity contribution in [2.24, 2.45) is 0 Å². The maximum Gasteiger partial charge on any atom is 0.330 e. The van der Waals surface area contributed by atoms with Crippen LogP contribution in [0.5, 0.6) is 0 Å². The Morgan fingerprint density at radius 2 is 2.00 bits per heavy atom. The van der Waals surface area contributed by atoms with Crippen LogP contribution in [0, 0.1) is 0 Å². The summed E-state index contributed by atoms with van der Waals surface area (Å²) in [7, 11) is 0. The molecule has 5 heteroatoms. The highest BCUT2D eigenvalue weighted by Gasteiger charge is 2.21. The van der Waals surface area contributed by atoms with Crippen LogP contribution in [0.1, 0.15) is 24.4 Å². The second kappa shape index (κ2) is 7.76. The van der Waals surface area contributed by atoms with E-state index in [9.17, 15) is 9.59 Å². The van der Waals surface area contributed by atoms with Crippen molar-refractivity contribution in [3.8, 4) is 0 Å². The van der Waals surface area contributed by atoms with Crippen molar-refractivity contribution >= 4 is 23.6 Å². The minimum Gasteiger partial charge on any atom is -0.479 e. The highest BCUT2D eigenvalue weighted by Crippen LogP contribution is 2.13. The molecular formula is C13H17NO3S. The van der Waals surface area contributed by atoms with Gasteiger partial charge >= 0.3 is 5.97 Å². The van der Waals surface area contributed by atoms with Gasteiger partial charge in [0.25, 0.3) is 0 Å². The highest BCUT2D eigenvalue weighted by atomic mass is 32.2. The van der Waals surface area contributed by atoms with Crippen LogP contribution >= 0.6 is 11.8 Å². The summed E-state index contributed by atoms with van der Waals surface area (Å²) >= 11 is 1.67. The van der Waals surface area contributed by atoms with E-state index in [1.54, 1.807) is 36.0 Å². The molecule has 0 aliphatic heterocycles. The van der Waals surface area contributed by atoms with Crippen LogP contribution in [0.3, 0.4) is 0 Å². The fraction of sp³-hybridized carbons (Fsp3) is 0.385. The van der Waals surface area contributed by atoms with Crippen molar-refractivity contribution in [1.29, 1.82) is 0 Å². The monoisotopic (exact) mass is 267 g/mol. The molecule has 18 heavy (non-hydrogen) atoms. The van der Waals surface area contributed by atoms with Gasteiger partial charge in [0, 0.05) is 6.42 Å². The highest BCUT2D eigenvalue weighted by molar-refractivity contribution is 7.98. The van der Waals surface area contributed by atoms with E-state index in [1.807, 2.05) is 12.3 Å². The van der Waals surface area contributed by atoms with Gasteiger partial charge in [-0.25, -0.2) is 4.79 Å². The van der Waals surface area contributed by atoms with Crippen molar-refractivity contribution < 1.29 is 14.7 Å². The summed E-state index contributed by atoms with van der Waals surface area (Å²) in [6.07, 6.45) is 3.09. The number of carboxylic acid groups (broad SMARTS) is 1. The number of carboxylic acids is 1. The van der Waals surface area contributed by atoms with E-state index in [4.69, 9.17) is 5.11 Å². The Kier molecular flexibility index (Phi) is 6.28. The second-order valence-corrected chi connectivity index (χ2v) is 4.83. The molecule has 0 aliphatic rings. The van der Waals surface area contributed by atoms with Crippen LogP contribution in [-0.2, 0) is 9.59 Å². The maximum atomic E-state index is 11.6. The Hall–Kier alpha value is -1.49. The zero-order valence-corrected chi connectivity index (χ0v) is 11.1. The number of rotatable bonds is 7. The van der Waals surface area contributed by atoms with E-state index in [2.05, 4.69) is 5.32 Å². The molecule has 1 atom stereocenters. The first kappa shape index (κ1) is 14.6. The molecule has 0 radical (unpaired) electrons. The quantitative estimate of drug-likeness (QED) is 0.742. The number of carbonyl (C=O) groups excluding carboxylic acids is 1. The van der Waals surface area contributed by atoms with E-state index in [0.717, 1.165) is 12.2 Å². The molecule has 1 aromatic rings. The van der Waals surface area contributed by atoms with Gasteiger partial charge in [-0.3, -0.25) is 4.79 Å². The normalized spacial score (nSPS) is 11.8. The van der Waals surface area contributed by atoms with Gasteiger partial charge in [-0.05, 0) is 24.0 Å². The number of benzene rings is 1. The summed E-state index contributed by atoms with van der Waals surface area (Å²) in [5, 5.41) is 11.7. The van der Waals surface area contributed by atoms with E-state index in [-0.39, 0.29) is 5.91 Å². The minimum absolute atomic E-state index is 0.222. The summed E-state index contributed by atoms with van der Waals surface area (Å²) in [5.41, 5.74) is 0.586. The zero-order chi connectivity index (χ0) is 13.4. The van der Waals surface area contributed by atoms with Gasteiger partial charge in [0.2, 0.25) is 5.91 Å². The molecule has 4 nitrogen and oxygen atoms in total. The third kappa shape index (κ3) is 4.79. The first-order valence-corrected chi connectivity index (χ1v) is 7.10. The summed E-state index contributed by atoms with van der Waals surface area (Å²) in [6.45, 7) is 0. The van der Waals surface area contributed by atoms with E-state index >= 15 is 0 Å². The smallest absolute Gasteiger partial charge is 0.330 e. The lowest BCUT2D eigenvalue weighted by Gasteiger charge is -2.14. The van der Waals surface area contributed by atoms with Crippen LogP contribution in [-0.4, -0.2) is 29.0 Å². The summed E-state index contributed by atoms with van der Waals surface area (Å²) in [6, 6.07) is 7.74. The number of carbonyl (C=O) groups is 2. The van der Waals surface area contributed by atoms with Gasteiger partial charge in [-0.15, -0.1) is 0 Å². The molecule has 0 saturated carbocycles. The standard InChI is InChI=1S/C13H17NO3S/c1-18-9-5-8-11(15)14-12(13(16)17)10-6-3-2-4-7-10/h2-4,6-7,12H,5,8-9H2,1H3,(H,14,15)(H,16,17).